The van der Waals surface area contributed by atoms with Crippen LogP contribution in [0.3, 0.4) is 0 Å². The fourth-order valence-electron chi connectivity index (χ4n) is 6.61. The SMILES string of the molecule is CC(C)(C)NC(=O)C1N([C@H](CO)c2ccccc2)C(=O)[C@@H]2[C@@H](C(=O)Nc3ccccc3)[C@@]3(C)CCC12S3. The maximum absolute atomic E-state index is 14.4. The van der Waals surface area contributed by atoms with Gasteiger partial charge in [-0.05, 0) is 58.2 Å². The number of carbonyl (C=O) groups is 3. The Hall–Kier alpha value is -2.84. The van der Waals surface area contributed by atoms with Gasteiger partial charge in [0.05, 0.1) is 29.2 Å². The molecular weight excluding hydrogens is 486 g/mol. The van der Waals surface area contributed by atoms with Crippen molar-refractivity contribution in [3.63, 3.8) is 0 Å². The monoisotopic (exact) mass is 521 g/mol. The van der Waals surface area contributed by atoms with Gasteiger partial charge in [0.25, 0.3) is 0 Å². The third-order valence-electron chi connectivity index (χ3n) is 7.98. The molecule has 3 aliphatic heterocycles. The summed E-state index contributed by atoms with van der Waals surface area (Å²) in [6.45, 7) is 7.48. The first-order valence-corrected chi connectivity index (χ1v) is 13.7. The lowest BCUT2D eigenvalue weighted by Crippen LogP contribution is -2.57. The van der Waals surface area contributed by atoms with Crippen LogP contribution in [0.15, 0.2) is 60.7 Å². The highest BCUT2D eigenvalue weighted by Crippen LogP contribution is 2.72. The van der Waals surface area contributed by atoms with Crippen LogP contribution in [0.2, 0.25) is 0 Å². The van der Waals surface area contributed by atoms with Crippen molar-refractivity contribution in [1.29, 1.82) is 0 Å². The van der Waals surface area contributed by atoms with Crippen LogP contribution < -0.4 is 10.6 Å². The number of amides is 3. The Bertz CT molecular complexity index is 1200. The number of aliphatic hydroxyl groups is 1. The Morgan fingerprint density at radius 2 is 1.68 bits per heavy atom. The Balaban J connectivity index is 1.59. The van der Waals surface area contributed by atoms with Crippen molar-refractivity contribution in [2.75, 3.05) is 11.9 Å². The number of hydrogen-bond donors (Lipinski definition) is 3. The molecule has 5 rings (SSSR count). The van der Waals surface area contributed by atoms with Gasteiger partial charge in [-0.1, -0.05) is 48.5 Å². The minimum absolute atomic E-state index is 0.196. The molecule has 8 heteroatoms. The van der Waals surface area contributed by atoms with Gasteiger partial charge in [0.1, 0.15) is 6.04 Å². The molecule has 6 atom stereocenters. The van der Waals surface area contributed by atoms with Gasteiger partial charge in [-0.15, -0.1) is 11.8 Å². The van der Waals surface area contributed by atoms with Crippen LogP contribution in [-0.2, 0) is 14.4 Å². The summed E-state index contributed by atoms with van der Waals surface area (Å²) >= 11 is 1.63. The van der Waals surface area contributed by atoms with Crippen molar-refractivity contribution >= 4 is 35.2 Å². The highest BCUT2D eigenvalue weighted by molar-refractivity contribution is 8.02. The first kappa shape index (κ1) is 25.8. The normalized spacial score (nSPS) is 31.2. The molecule has 196 valence electrons. The number of benzene rings is 2. The summed E-state index contributed by atoms with van der Waals surface area (Å²) in [5, 5.41) is 16.7. The van der Waals surface area contributed by atoms with Gasteiger partial charge in [-0.25, -0.2) is 0 Å². The van der Waals surface area contributed by atoms with Crippen LogP contribution in [0, 0.1) is 11.8 Å². The van der Waals surface area contributed by atoms with Gasteiger partial charge in [-0.2, -0.15) is 0 Å². The van der Waals surface area contributed by atoms with Gasteiger partial charge in [0.15, 0.2) is 0 Å². The Morgan fingerprint density at radius 3 is 2.27 bits per heavy atom. The van der Waals surface area contributed by atoms with Crippen molar-refractivity contribution in [2.24, 2.45) is 11.8 Å². The number of hydrogen-bond acceptors (Lipinski definition) is 5. The number of nitrogens with one attached hydrogen (secondary N) is 2. The van der Waals surface area contributed by atoms with Crippen molar-refractivity contribution in [1.82, 2.24) is 10.2 Å². The number of para-hydroxylation sites is 1. The van der Waals surface area contributed by atoms with Crippen LogP contribution in [0.4, 0.5) is 5.69 Å². The van der Waals surface area contributed by atoms with Crippen LogP contribution in [-0.4, -0.2) is 55.4 Å². The zero-order chi connectivity index (χ0) is 26.6. The molecule has 0 aromatic heterocycles. The number of likely N-dealkylation sites (tertiary alicyclic amines) is 1. The maximum Gasteiger partial charge on any atom is 0.244 e. The Kier molecular flexibility index (Phi) is 6.39. The summed E-state index contributed by atoms with van der Waals surface area (Å²) in [6, 6.07) is 17.1. The van der Waals surface area contributed by atoms with Gasteiger partial charge >= 0.3 is 0 Å². The first-order chi connectivity index (χ1) is 17.5. The van der Waals surface area contributed by atoms with Gasteiger partial charge in [0, 0.05) is 16.0 Å². The molecule has 7 nitrogen and oxygen atoms in total. The lowest BCUT2D eigenvalue weighted by molar-refractivity contribution is -0.143. The number of fused-ring (bicyclic) bond motifs is 1. The zero-order valence-electron chi connectivity index (χ0n) is 21.7. The molecule has 2 aromatic rings. The number of rotatable bonds is 6. The molecule has 0 saturated carbocycles. The second-order valence-electron chi connectivity index (χ2n) is 11.7. The summed E-state index contributed by atoms with van der Waals surface area (Å²) < 4.78 is -1.21. The fourth-order valence-corrected chi connectivity index (χ4v) is 8.95. The Morgan fingerprint density at radius 1 is 1.05 bits per heavy atom. The molecule has 3 aliphatic rings. The molecule has 3 saturated heterocycles. The summed E-state index contributed by atoms with van der Waals surface area (Å²) in [4.78, 5) is 43.7. The molecule has 1 spiro atoms. The molecule has 2 unspecified atom stereocenters. The van der Waals surface area contributed by atoms with Crippen molar-refractivity contribution in [3.8, 4) is 0 Å². The van der Waals surface area contributed by atoms with Crippen molar-refractivity contribution < 1.29 is 19.5 Å². The average molecular weight is 522 g/mol. The molecule has 3 heterocycles. The number of nitrogens with zero attached hydrogens (tertiary/aromatic N) is 1. The molecule has 2 bridgehead atoms. The van der Waals surface area contributed by atoms with Gasteiger partial charge in [0.2, 0.25) is 17.7 Å². The summed E-state index contributed by atoms with van der Waals surface area (Å²) in [7, 11) is 0. The molecular formula is C29H35N3O4S. The van der Waals surface area contributed by atoms with Crippen molar-refractivity contribution in [2.45, 2.75) is 67.7 Å². The van der Waals surface area contributed by atoms with E-state index in [9.17, 15) is 19.5 Å². The number of anilines is 1. The number of aliphatic hydroxyl groups excluding tert-OH is 1. The predicted molar refractivity (Wildman–Crippen MR) is 145 cm³/mol. The molecule has 0 aliphatic carbocycles. The zero-order valence-corrected chi connectivity index (χ0v) is 22.5. The van der Waals surface area contributed by atoms with E-state index < -0.39 is 39.0 Å². The van der Waals surface area contributed by atoms with E-state index in [1.807, 2.05) is 81.4 Å². The fraction of sp³-hybridized carbons (Fsp3) is 0.483. The first-order valence-electron chi connectivity index (χ1n) is 12.9. The van der Waals surface area contributed by atoms with E-state index in [1.165, 1.54) is 0 Å². The highest BCUT2D eigenvalue weighted by Gasteiger charge is 2.77. The smallest absolute Gasteiger partial charge is 0.244 e. The van der Waals surface area contributed by atoms with E-state index >= 15 is 0 Å². The molecule has 0 radical (unpaired) electrons. The Labute approximate surface area is 222 Å². The summed E-state index contributed by atoms with van der Waals surface area (Å²) in [5.41, 5.74) is 0.941. The number of thioether (sulfide) groups is 1. The van der Waals surface area contributed by atoms with Crippen LogP contribution in [0.25, 0.3) is 0 Å². The number of carbonyl (C=O) groups excluding carboxylic acids is 3. The van der Waals surface area contributed by atoms with E-state index in [2.05, 4.69) is 17.6 Å². The minimum Gasteiger partial charge on any atom is -0.394 e. The highest BCUT2D eigenvalue weighted by atomic mass is 32.2. The minimum atomic E-state index is -0.803. The second kappa shape index (κ2) is 9.17. The van der Waals surface area contributed by atoms with Crippen LogP contribution >= 0.6 is 11.8 Å². The standard InChI is InChI=1S/C29H35N3O4S/c1-27(2,3)31-25(35)23-29-16-15-28(4,37-29)21(24(34)30-19-13-9-6-10-14-19)22(29)26(36)32(23)20(17-33)18-11-7-5-8-12-18/h5-14,20-23,33H,15-17H2,1-4H3,(H,30,34)(H,31,35)/t20-,21+,22+,23?,28-,29?/m1/s1. The van der Waals surface area contributed by atoms with Crippen molar-refractivity contribution in [3.05, 3.63) is 66.2 Å². The molecule has 3 amide bonds. The van der Waals surface area contributed by atoms with Gasteiger partial charge < -0.3 is 20.6 Å². The molecule has 2 aromatic carbocycles. The third kappa shape index (κ3) is 4.24. The quantitative estimate of drug-likeness (QED) is 0.538. The second-order valence-corrected chi connectivity index (χ2v) is 13.6. The van der Waals surface area contributed by atoms with E-state index in [1.54, 1.807) is 16.7 Å². The summed E-state index contributed by atoms with van der Waals surface area (Å²) in [6.07, 6.45) is 1.39. The van der Waals surface area contributed by atoms with E-state index in [4.69, 9.17) is 0 Å². The van der Waals surface area contributed by atoms with E-state index in [0.717, 1.165) is 12.0 Å². The largest absolute Gasteiger partial charge is 0.394 e. The van der Waals surface area contributed by atoms with E-state index in [0.29, 0.717) is 12.1 Å². The molecule has 37 heavy (non-hydrogen) atoms. The topological polar surface area (TPSA) is 98.7 Å². The lowest BCUT2D eigenvalue weighted by atomic mass is 9.66. The van der Waals surface area contributed by atoms with Crippen LogP contribution in [0.5, 0.6) is 0 Å². The maximum atomic E-state index is 14.4. The average Bonchev–Trinajstić information content (AvgIpc) is 3.41. The van der Waals surface area contributed by atoms with Gasteiger partial charge in [-0.3, -0.25) is 14.4 Å². The summed E-state index contributed by atoms with van der Waals surface area (Å²) in [5.74, 6) is -1.92. The lowest BCUT2D eigenvalue weighted by Gasteiger charge is -2.38. The predicted octanol–water partition coefficient (Wildman–Crippen LogP) is 3.75. The van der Waals surface area contributed by atoms with Crippen LogP contribution in [0.1, 0.15) is 52.1 Å². The molecule has 3 N–H and O–H groups in total. The molecule has 3 fully saturated rings. The van der Waals surface area contributed by atoms with E-state index in [-0.39, 0.29) is 24.3 Å². The third-order valence-corrected chi connectivity index (χ3v) is 9.96.